The van der Waals surface area contributed by atoms with Crippen molar-refractivity contribution in [3.8, 4) is 11.5 Å². The Hall–Kier alpha value is -2.58. The molecule has 148 valence electrons. The van der Waals surface area contributed by atoms with Crippen molar-refractivity contribution >= 4 is 5.91 Å². The molecular weight excluding hydrogens is 358 g/mol. The van der Waals surface area contributed by atoms with Crippen LogP contribution in [0.2, 0.25) is 0 Å². The highest BCUT2D eigenvalue weighted by Crippen LogP contribution is 2.24. The van der Waals surface area contributed by atoms with E-state index >= 15 is 0 Å². The SMILES string of the molecule is O=C(c1cnc(-c2ccccn2)[nH]c1=O)N1CCN([C@@H]2CCCC[C@H]2O)CC1. The molecule has 8 nitrogen and oxygen atoms in total. The van der Waals surface area contributed by atoms with Crippen molar-refractivity contribution in [3.05, 3.63) is 46.5 Å². The van der Waals surface area contributed by atoms with E-state index in [4.69, 9.17) is 0 Å². The second kappa shape index (κ2) is 8.20. The first-order valence-corrected chi connectivity index (χ1v) is 9.85. The quantitative estimate of drug-likeness (QED) is 0.816. The normalized spacial score (nSPS) is 23.5. The van der Waals surface area contributed by atoms with Gasteiger partial charge >= 0.3 is 0 Å². The van der Waals surface area contributed by atoms with Crippen molar-refractivity contribution in [2.45, 2.75) is 37.8 Å². The van der Waals surface area contributed by atoms with Gasteiger partial charge in [-0.1, -0.05) is 18.9 Å². The van der Waals surface area contributed by atoms with E-state index in [1.54, 1.807) is 23.2 Å². The summed E-state index contributed by atoms with van der Waals surface area (Å²) in [5, 5.41) is 10.2. The van der Waals surface area contributed by atoms with Crippen LogP contribution in [0.25, 0.3) is 11.5 Å². The molecule has 0 radical (unpaired) electrons. The molecule has 0 aromatic carbocycles. The maximum Gasteiger partial charge on any atom is 0.264 e. The third-order valence-corrected chi connectivity index (χ3v) is 5.70. The lowest BCUT2D eigenvalue weighted by molar-refractivity contribution is -0.00176. The highest BCUT2D eigenvalue weighted by atomic mass is 16.3. The highest BCUT2D eigenvalue weighted by Gasteiger charge is 2.32. The first-order chi connectivity index (χ1) is 13.6. The number of pyridine rings is 1. The zero-order valence-corrected chi connectivity index (χ0v) is 15.8. The lowest BCUT2D eigenvalue weighted by atomic mass is 9.91. The van der Waals surface area contributed by atoms with Crippen LogP contribution in [0, 0.1) is 0 Å². The number of rotatable bonds is 3. The van der Waals surface area contributed by atoms with E-state index in [1.807, 2.05) is 6.07 Å². The largest absolute Gasteiger partial charge is 0.391 e. The first-order valence-electron chi connectivity index (χ1n) is 9.85. The fourth-order valence-electron chi connectivity index (χ4n) is 4.12. The smallest absolute Gasteiger partial charge is 0.264 e. The van der Waals surface area contributed by atoms with Gasteiger partial charge in [-0.25, -0.2) is 4.98 Å². The molecule has 28 heavy (non-hydrogen) atoms. The van der Waals surface area contributed by atoms with E-state index < -0.39 is 5.56 Å². The zero-order valence-electron chi connectivity index (χ0n) is 15.8. The van der Waals surface area contributed by atoms with Crippen LogP contribution in [0.5, 0.6) is 0 Å². The molecule has 0 unspecified atom stereocenters. The summed E-state index contributed by atoms with van der Waals surface area (Å²) in [6.07, 6.45) is 6.77. The lowest BCUT2D eigenvalue weighted by Gasteiger charge is -2.42. The molecule has 2 aliphatic rings. The average Bonchev–Trinajstić information content (AvgIpc) is 2.74. The second-order valence-corrected chi connectivity index (χ2v) is 7.44. The van der Waals surface area contributed by atoms with Crippen LogP contribution in [0.3, 0.4) is 0 Å². The molecule has 2 fully saturated rings. The highest BCUT2D eigenvalue weighted by molar-refractivity contribution is 5.93. The number of H-pyrrole nitrogens is 1. The summed E-state index contributed by atoms with van der Waals surface area (Å²) in [7, 11) is 0. The molecule has 2 N–H and O–H groups in total. The van der Waals surface area contributed by atoms with Crippen molar-refractivity contribution in [1.82, 2.24) is 24.8 Å². The molecule has 8 heteroatoms. The van der Waals surface area contributed by atoms with Crippen molar-refractivity contribution in [3.63, 3.8) is 0 Å². The number of amides is 1. The number of aromatic amines is 1. The Morgan fingerprint density at radius 3 is 2.57 bits per heavy atom. The number of piperazine rings is 1. The summed E-state index contributed by atoms with van der Waals surface area (Å²) in [5.41, 5.74) is 0.148. The number of aromatic nitrogens is 3. The van der Waals surface area contributed by atoms with Crippen LogP contribution in [0.1, 0.15) is 36.0 Å². The molecule has 2 aromatic heterocycles. The van der Waals surface area contributed by atoms with E-state index in [1.165, 1.54) is 6.20 Å². The Bertz CT molecular complexity index is 877. The van der Waals surface area contributed by atoms with Crippen LogP contribution >= 0.6 is 0 Å². The predicted octanol–water partition coefficient (Wildman–Crippen LogP) is 0.893. The molecule has 2 atom stereocenters. The van der Waals surface area contributed by atoms with E-state index in [-0.39, 0.29) is 23.6 Å². The van der Waals surface area contributed by atoms with Gasteiger partial charge in [0.25, 0.3) is 11.5 Å². The average molecular weight is 383 g/mol. The summed E-state index contributed by atoms with van der Waals surface area (Å²) in [6, 6.07) is 5.53. The summed E-state index contributed by atoms with van der Waals surface area (Å²) < 4.78 is 0. The number of carbonyl (C=O) groups excluding carboxylic acids is 1. The minimum Gasteiger partial charge on any atom is -0.391 e. The van der Waals surface area contributed by atoms with Gasteiger partial charge in [-0.05, 0) is 25.0 Å². The van der Waals surface area contributed by atoms with Gasteiger partial charge in [-0.3, -0.25) is 19.5 Å². The van der Waals surface area contributed by atoms with Gasteiger partial charge in [-0.2, -0.15) is 0 Å². The Labute approximate surface area is 163 Å². The molecule has 1 amide bonds. The van der Waals surface area contributed by atoms with Crippen molar-refractivity contribution in [1.29, 1.82) is 0 Å². The molecule has 1 aliphatic carbocycles. The third kappa shape index (κ3) is 3.83. The van der Waals surface area contributed by atoms with E-state index in [9.17, 15) is 14.7 Å². The Morgan fingerprint density at radius 1 is 1.11 bits per heavy atom. The fraction of sp³-hybridized carbons (Fsp3) is 0.500. The van der Waals surface area contributed by atoms with Crippen molar-refractivity contribution in [2.75, 3.05) is 26.2 Å². The molecule has 3 heterocycles. The van der Waals surface area contributed by atoms with Gasteiger partial charge in [0.2, 0.25) is 0 Å². The molecule has 4 rings (SSSR count). The third-order valence-electron chi connectivity index (χ3n) is 5.70. The van der Waals surface area contributed by atoms with Gasteiger partial charge < -0.3 is 15.0 Å². The van der Waals surface area contributed by atoms with Crippen molar-refractivity contribution < 1.29 is 9.90 Å². The summed E-state index contributed by atoms with van der Waals surface area (Å²) in [4.78, 5) is 40.2. The summed E-state index contributed by atoms with van der Waals surface area (Å²) in [6.45, 7) is 2.52. The Kier molecular flexibility index (Phi) is 5.50. The van der Waals surface area contributed by atoms with Gasteiger partial charge in [0.05, 0.1) is 6.10 Å². The Balaban J connectivity index is 1.42. The van der Waals surface area contributed by atoms with Gasteiger partial charge in [0, 0.05) is 44.6 Å². The van der Waals surface area contributed by atoms with E-state index in [0.29, 0.717) is 37.7 Å². The van der Waals surface area contributed by atoms with Crippen LogP contribution in [-0.2, 0) is 0 Å². The number of hydrogen-bond acceptors (Lipinski definition) is 6. The molecule has 1 aliphatic heterocycles. The number of nitrogens with zero attached hydrogens (tertiary/aromatic N) is 4. The standard InChI is InChI=1S/C20H25N5O3/c26-17-7-2-1-6-16(17)24-9-11-25(12-10-24)20(28)14-13-22-18(23-19(14)27)15-5-3-4-8-21-15/h3-5,8,13,16-17,26H,1-2,6-7,9-12H2,(H,22,23,27)/t16-,17-/m1/s1. The van der Waals surface area contributed by atoms with Gasteiger partial charge in [-0.15, -0.1) is 0 Å². The Morgan fingerprint density at radius 2 is 1.89 bits per heavy atom. The minimum atomic E-state index is -0.453. The van der Waals surface area contributed by atoms with E-state index in [0.717, 1.165) is 25.7 Å². The maximum absolute atomic E-state index is 12.8. The summed E-state index contributed by atoms with van der Waals surface area (Å²) >= 11 is 0. The molecule has 1 saturated carbocycles. The van der Waals surface area contributed by atoms with E-state index in [2.05, 4.69) is 19.9 Å². The zero-order chi connectivity index (χ0) is 19.5. The number of hydrogen-bond donors (Lipinski definition) is 2. The van der Waals surface area contributed by atoms with Gasteiger partial charge in [0.15, 0.2) is 5.82 Å². The van der Waals surface area contributed by atoms with Crippen LogP contribution < -0.4 is 5.56 Å². The first kappa shape index (κ1) is 18.8. The summed E-state index contributed by atoms with van der Waals surface area (Å²) in [5.74, 6) is 0.0448. The topological polar surface area (TPSA) is 102 Å². The molecule has 2 aromatic rings. The van der Waals surface area contributed by atoms with Crippen molar-refractivity contribution in [2.24, 2.45) is 0 Å². The number of carbonyl (C=O) groups is 1. The molecule has 0 bridgehead atoms. The molecule has 0 spiro atoms. The number of nitrogens with one attached hydrogen (secondary N) is 1. The lowest BCUT2D eigenvalue weighted by Crippen LogP contribution is -2.55. The monoisotopic (exact) mass is 383 g/mol. The van der Waals surface area contributed by atoms with Crippen LogP contribution in [-0.4, -0.2) is 74.1 Å². The van der Waals surface area contributed by atoms with Crippen LogP contribution in [0.4, 0.5) is 0 Å². The fourth-order valence-corrected chi connectivity index (χ4v) is 4.12. The predicted molar refractivity (Wildman–Crippen MR) is 104 cm³/mol. The maximum atomic E-state index is 12.8. The molecular formula is C20H25N5O3. The minimum absolute atomic E-state index is 0.0471. The van der Waals surface area contributed by atoms with Gasteiger partial charge in [0.1, 0.15) is 11.3 Å². The number of aliphatic hydroxyl groups excluding tert-OH is 1. The number of aliphatic hydroxyl groups is 1. The molecule has 1 saturated heterocycles. The second-order valence-electron chi connectivity index (χ2n) is 7.44. The van der Waals surface area contributed by atoms with Crippen LogP contribution in [0.15, 0.2) is 35.4 Å².